The van der Waals surface area contributed by atoms with E-state index in [0.717, 1.165) is 48.4 Å². The topological polar surface area (TPSA) is 53.0 Å². The average Bonchev–Trinajstić information content (AvgIpc) is 3.52. The predicted octanol–water partition coefficient (Wildman–Crippen LogP) is 3.47. The minimum absolute atomic E-state index is 0.0522. The van der Waals surface area contributed by atoms with Crippen LogP contribution in [0.3, 0.4) is 0 Å². The van der Waals surface area contributed by atoms with Crippen LogP contribution in [-0.2, 0) is 4.79 Å². The van der Waals surface area contributed by atoms with Crippen molar-refractivity contribution in [3.63, 3.8) is 0 Å². The summed E-state index contributed by atoms with van der Waals surface area (Å²) in [6, 6.07) is 14.7. The number of carbonyl (C=O) groups excluding carboxylic acids is 1. The van der Waals surface area contributed by atoms with Gasteiger partial charge in [0.25, 0.3) is 0 Å². The third-order valence-corrected chi connectivity index (χ3v) is 6.98. The van der Waals surface area contributed by atoms with Crippen LogP contribution >= 0.6 is 0 Å². The van der Waals surface area contributed by atoms with E-state index in [0.29, 0.717) is 5.91 Å². The number of carbonyl (C=O) groups is 1. The van der Waals surface area contributed by atoms with Crippen molar-refractivity contribution in [2.24, 2.45) is 11.8 Å². The van der Waals surface area contributed by atoms with Crippen LogP contribution in [0.15, 0.2) is 42.5 Å². The summed E-state index contributed by atoms with van der Waals surface area (Å²) in [7, 11) is 3.74. The highest BCUT2D eigenvalue weighted by Gasteiger charge is 2.49. The van der Waals surface area contributed by atoms with E-state index < -0.39 is 0 Å². The van der Waals surface area contributed by atoms with Crippen molar-refractivity contribution in [3.8, 4) is 16.9 Å². The molecule has 152 valence electrons. The summed E-state index contributed by atoms with van der Waals surface area (Å²) in [5, 5.41) is 10.1. The van der Waals surface area contributed by atoms with E-state index in [1.165, 1.54) is 5.56 Å². The van der Waals surface area contributed by atoms with E-state index in [-0.39, 0.29) is 30.5 Å². The number of rotatable bonds is 4. The maximum absolute atomic E-state index is 13.0. The Balaban J connectivity index is 1.58. The van der Waals surface area contributed by atoms with Gasteiger partial charge >= 0.3 is 0 Å². The van der Waals surface area contributed by atoms with E-state index in [2.05, 4.69) is 47.2 Å². The molecule has 0 bridgehead atoms. The molecule has 0 unspecified atom stereocenters. The summed E-state index contributed by atoms with van der Waals surface area (Å²) in [6.45, 7) is 0.907. The van der Waals surface area contributed by atoms with Crippen molar-refractivity contribution in [1.82, 2.24) is 4.90 Å². The van der Waals surface area contributed by atoms with Crippen LogP contribution in [-0.4, -0.2) is 49.3 Å². The van der Waals surface area contributed by atoms with Gasteiger partial charge in [0.1, 0.15) is 5.75 Å². The zero-order chi connectivity index (χ0) is 20.1. The lowest BCUT2D eigenvalue weighted by Crippen LogP contribution is -2.48. The summed E-state index contributed by atoms with van der Waals surface area (Å²) in [5.41, 5.74) is 4.61. The zero-order valence-corrected chi connectivity index (χ0v) is 17.0. The van der Waals surface area contributed by atoms with E-state index in [9.17, 15) is 9.90 Å². The Kier molecular flexibility index (Phi) is 4.50. The number of likely N-dealkylation sites (N-methyl/N-ethyl adjacent to an activating group) is 1. The molecule has 3 atom stereocenters. The van der Waals surface area contributed by atoms with Gasteiger partial charge in [-0.2, -0.15) is 0 Å². The van der Waals surface area contributed by atoms with Crippen molar-refractivity contribution in [3.05, 3.63) is 48.0 Å². The van der Waals surface area contributed by atoms with Crippen molar-refractivity contribution in [2.75, 3.05) is 32.2 Å². The van der Waals surface area contributed by atoms with E-state index in [1.807, 2.05) is 12.1 Å². The largest absolute Gasteiger partial charge is 0.497 e. The Labute approximate surface area is 171 Å². The van der Waals surface area contributed by atoms with Crippen LogP contribution in [0.5, 0.6) is 5.75 Å². The molecule has 1 N–H and O–H groups in total. The monoisotopic (exact) mass is 392 g/mol. The molecule has 1 saturated heterocycles. The molecule has 2 fully saturated rings. The van der Waals surface area contributed by atoms with Gasteiger partial charge in [-0.25, -0.2) is 0 Å². The number of aliphatic hydroxyl groups excluding tert-OH is 1. The number of anilines is 1. The van der Waals surface area contributed by atoms with Crippen LogP contribution in [0, 0.1) is 11.8 Å². The smallest absolute Gasteiger partial charge is 0.226 e. The van der Waals surface area contributed by atoms with Gasteiger partial charge in [-0.1, -0.05) is 18.2 Å². The number of likely N-dealkylation sites (tertiary alicyclic amines) is 1. The Morgan fingerprint density at radius 3 is 2.48 bits per heavy atom. The van der Waals surface area contributed by atoms with Crippen molar-refractivity contribution in [1.29, 1.82) is 0 Å². The molecular formula is C24H28N2O3. The molecule has 1 aliphatic carbocycles. The number of aliphatic hydroxyl groups is 1. The number of hydrogen-bond acceptors (Lipinski definition) is 4. The number of nitrogens with zero attached hydrogens (tertiary/aromatic N) is 2. The first-order valence-corrected chi connectivity index (χ1v) is 10.5. The maximum atomic E-state index is 13.0. The second-order valence-electron chi connectivity index (χ2n) is 8.57. The summed E-state index contributed by atoms with van der Waals surface area (Å²) in [5.74, 6) is 1.63. The summed E-state index contributed by atoms with van der Waals surface area (Å²) >= 11 is 0. The average molecular weight is 392 g/mol. The number of hydrogen-bond donors (Lipinski definition) is 1. The number of methoxy groups -OCH3 is 1. The molecule has 1 amide bonds. The SMILES string of the molecule is COc1ccc(-c2ccc3c(c2)[C@@H]2[C@@H](CCN2C(=O)C2CC2)[C@H](CO)N3C)cc1. The van der Waals surface area contributed by atoms with E-state index in [1.54, 1.807) is 7.11 Å². The Morgan fingerprint density at radius 2 is 1.83 bits per heavy atom. The molecule has 3 aliphatic rings. The van der Waals surface area contributed by atoms with Gasteiger partial charge in [-0.15, -0.1) is 0 Å². The van der Waals surface area contributed by atoms with Crippen molar-refractivity contribution < 1.29 is 14.6 Å². The number of fused-ring (bicyclic) bond motifs is 3. The van der Waals surface area contributed by atoms with Crippen LogP contribution in [0.25, 0.3) is 11.1 Å². The Hall–Kier alpha value is -2.53. The quantitative estimate of drug-likeness (QED) is 0.866. The van der Waals surface area contributed by atoms with Gasteiger partial charge < -0.3 is 19.6 Å². The molecule has 0 radical (unpaired) electrons. The standard InChI is InChI=1S/C24H28N2O3/c1-25-21-10-7-17(15-5-8-18(29-2)9-6-15)13-20(21)23-19(22(25)14-27)11-12-26(23)24(28)16-3-4-16/h5-10,13,16,19,22-23,27H,3-4,11-12,14H2,1-2H3/t19-,22-,23-/m0/s1. The van der Waals surface area contributed by atoms with Crippen LogP contribution in [0.4, 0.5) is 5.69 Å². The molecule has 2 heterocycles. The molecule has 2 aromatic carbocycles. The second kappa shape index (κ2) is 7.06. The minimum Gasteiger partial charge on any atom is -0.497 e. The van der Waals surface area contributed by atoms with Gasteiger partial charge in [0, 0.05) is 31.1 Å². The zero-order valence-electron chi connectivity index (χ0n) is 17.0. The summed E-state index contributed by atoms with van der Waals surface area (Å²) in [6.07, 6.45) is 2.99. The first kappa shape index (κ1) is 18.5. The van der Waals surface area contributed by atoms with Crippen molar-refractivity contribution in [2.45, 2.75) is 31.3 Å². The lowest BCUT2D eigenvalue weighted by atomic mass is 9.81. The third kappa shape index (κ3) is 2.99. The predicted molar refractivity (Wildman–Crippen MR) is 113 cm³/mol. The Bertz CT molecular complexity index is 922. The van der Waals surface area contributed by atoms with Gasteiger partial charge in [-0.3, -0.25) is 4.79 Å². The first-order valence-electron chi connectivity index (χ1n) is 10.5. The molecule has 2 aliphatic heterocycles. The number of benzene rings is 2. The molecular weight excluding hydrogens is 364 g/mol. The molecule has 2 aromatic rings. The first-order chi connectivity index (χ1) is 14.1. The molecule has 5 heteroatoms. The molecule has 29 heavy (non-hydrogen) atoms. The second-order valence-corrected chi connectivity index (χ2v) is 8.57. The van der Waals surface area contributed by atoms with E-state index in [4.69, 9.17) is 4.74 Å². The maximum Gasteiger partial charge on any atom is 0.226 e. The lowest BCUT2D eigenvalue weighted by molar-refractivity contribution is -0.134. The highest BCUT2D eigenvalue weighted by atomic mass is 16.5. The fourth-order valence-electron chi connectivity index (χ4n) is 5.23. The molecule has 5 rings (SSSR count). The van der Waals surface area contributed by atoms with Gasteiger partial charge in [0.2, 0.25) is 5.91 Å². The van der Waals surface area contributed by atoms with Gasteiger partial charge in [0.15, 0.2) is 0 Å². The Morgan fingerprint density at radius 1 is 1.10 bits per heavy atom. The lowest BCUT2D eigenvalue weighted by Gasteiger charge is -2.44. The number of amides is 1. The highest BCUT2D eigenvalue weighted by molar-refractivity contribution is 5.83. The molecule has 0 aromatic heterocycles. The molecule has 0 spiro atoms. The van der Waals surface area contributed by atoms with Gasteiger partial charge in [-0.05, 0) is 60.2 Å². The van der Waals surface area contributed by atoms with Crippen LogP contribution < -0.4 is 9.64 Å². The van der Waals surface area contributed by atoms with E-state index >= 15 is 0 Å². The van der Waals surface area contributed by atoms with Crippen molar-refractivity contribution >= 4 is 11.6 Å². The third-order valence-electron chi connectivity index (χ3n) is 6.98. The molecule has 5 nitrogen and oxygen atoms in total. The molecule has 1 saturated carbocycles. The highest BCUT2D eigenvalue weighted by Crippen LogP contribution is 2.50. The number of ether oxygens (including phenoxy) is 1. The normalized spacial score (nSPS) is 25.6. The van der Waals surface area contributed by atoms with Crippen LogP contribution in [0.1, 0.15) is 30.9 Å². The minimum atomic E-state index is 0.0522. The van der Waals surface area contributed by atoms with Crippen LogP contribution in [0.2, 0.25) is 0 Å². The summed E-state index contributed by atoms with van der Waals surface area (Å²) in [4.78, 5) is 17.3. The summed E-state index contributed by atoms with van der Waals surface area (Å²) < 4.78 is 5.28. The fraction of sp³-hybridized carbons (Fsp3) is 0.458. The van der Waals surface area contributed by atoms with Gasteiger partial charge in [0.05, 0.1) is 25.8 Å². The fourth-order valence-corrected chi connectivity index (χ4v) is 5.23.